The Morgan fingerprint density at radius 2 is 1.67 bits per heavy atom. The van der Waals surface area contributed by atoms with Crippen LogP contribution in [0.25, 0.3) is 0 Å². The number of fused-ring (bicyclic) bond motifs is 1. The predicted octanol–water partition coefficient (Wildman–Crippen LogP) is 2.64. The highest BCUT2D eigenvalue weighted by molar-refractivity contribution is 7.42. The Bertz CT molecular complexity index is 203. The first-order valence-electron chi connectivity index (χ1n) is 2.75. The molecule has 2 nitrogen and oxygen atoms in total. The van der Waals surface area contributed by atoms with Crippen LogP contribution in [0.2, 0.25) is 0 Å². The highest BCUT2D eigenvalue weighted by Crippen LogP contribution is 2.39. The lowest BCUT2D eigenvalue weighted by Crippen LogP contribution is -1.98. The van der Waals surface area contributed by atoms with Crippen molar-refractivity contribution in [2.45, 2.75) is 0 Å². The van der Waals surface area contributed by atoms with Crippen molar-refractivity contribution in [2.24, 2.45) is 0 Å². The summed E-state index contributed by atoms with van der Waals surface area (Å²) in [7, 11) is 2.61. The van der Waals surface area contributed by atoms with Gasteiger partial charge in [0.1, 0.15) is 0 Å². The van der Waals surface area contributed by atoms with Gasteiger partial charge in [-0.3, -0.25) is 0 Å². The first-order chi connectivity index (χ1) is 4.47. The van der Waals surface area contributed by atoms with Gasteiger partial charge in [-0.15, -0.1) is 0 Å². The van der Waals surface area contributed by atoms with E-state index in [4.69, 9.17) is 0 Å². The normalized spacial score (nSPS) is 15.6. The van der Waals surface area contributed by atoms with Crippen LogP contribution in [-0.2, 0) is 0 Å². The lowest BCUT2D eigenvalue weighted by molar-refractivity contribution is 1.32. The van der Waals surface area contributed by atoms with Crippen molar-refractivity contribution >= 4 is 27.2 Å². The molecule has 1 aliphatic rings. The molecule has 1 aromatic heterocycles. The van der Waals surface area contributed by atoms with Gasteiger partial charge in [0.2, 0.25) is 0 Å². The molecule has 0 radical (unpaired) electrons. The number of anilines is 2. The summed E-state index contributed by atoms with van der Waals surface area (Å²) in [5.74, 6) is 4.33. The molecule has 2 N–H and O–H groups in total. The van der Waals surface area contributed by atoms with E-state index in [2.05, 4.69) is 22.2 Å². The molecule has 0 aromatic carbocycles. The Labute approximate surface area is 56.9 Å². The molecule has 0 saturated heterocycles. The van der Waals surface area contributed by atoms with Gasteiger partial charge in [0.25, 0.3) is 0 Å². The largest absolute Gasteiger partial charge is 0.362 e. The smallest absolute Gasteiger partial charge is 0.0913 e. The zero-order chi connectivity index (χ0) is 6.10. The molecule has 1 aromatic rings. The van der Waals surface area contributed by atoms with Crippen LogP contribution < -0.4 is 10.6 Å². The first kappa shape index (κ1) is 5.46. The van der Waals surface area contributed by atoms with Crippen molar-refractivity contribution in [3.63, 3.8) is 0 Å². The van der Waals surface area contributed by atoms with E-state index in [0.29, 0.717) is 0 Å². The summed E-state index contributed by atoms with van der Waals surface area (Å²) in [5, 5.41) is 6.51. The van der Waals surface area contributed by atoms with Gasteiger partial charge in [-0.25, -0.2) is 0 Å². The maximum Gasteiger partial charge on any atom is 0.0913 e. The van der Waals surface area contributed by atoms with Gasteiger partial charge in [-0.2, -0.15) is 0 Å². The Morgan fingerprint density at radius 1 is 1.11 bits per heavy atom. The van der Waals surface area contributed by atoms with Crippen molar-refractivity contribution in [2.75, 3.05) is 17.3 Å². The van der Waals surface area contributed by atoms with Crippen LogP contribution in [0.4, 0.5) is 10.8 Å². The van der Waals surface area contributed by atoms with Gasteiger partial charge < -0.3 is 10.6 Å². The maximum atomic E-state index is 3.26. The molecule has 9 heavy (non-hydrogen) atoms. The molecule has 0 spiro atoms. The third-order valence-corrected chi connectivity index (χ3v) is 3.50. The van der Waals surface area contributed by atoms with Crippen LogP contribution in [0, 0.1) is 0 Å². The minimum atomic E-state index is 0.909. The second-order valence-electron chi connectivity index (χ2n) is 1.78. The van der Waals surface area contributed by atoms with Crippen molar-refractivity contribution in [3.8, 4) is 0 Å². The quantitative estimate of drug-likeness (QED) is 0.603. The Hall–Kier alpha value is -0.320. The minimum absolute atomic E-state index is 0.909. The second-order valence-corrected chi connectivity index (χ2v) is 3.79. The number of hydrogen-bond acceptors (Lipinski definition) is 2. The molecule has 1 aliphatic heterocycles. The molecule has 0 aliphatic carbocycles. The highest BCUT2D eigenvalue weighted by atomic mass is 31.0. The summed E-state index contributed by atoms with van der Waals surface area (Å²) in [4.78, 5) is 0. The van der Waals surface area contributed by atoms with Gasteiger partial charge >= 0.3 is 0 Å². The average Bonchev–Trinajstić information content (AvgIpc) is 2.33. The zero-order valence-electron chi connectivity index (χ0n) is 4.76. The van der Waals surface area contributed by atoms with Gasteiger partial charge in [0.05, 0.1) is 17.5 Å². The fourth-order valence-corrected chi connectivity index (χ4v) is 2.73. The third kappa shape index (κ3) is 0.891. The molecule has 0 amide bonds. The lowest BCUT2D eigenvalue weighted by Gasteiger charge is -1.91. The Morgan fingerprint density at radius 3 is 2.22 bits per heavy atom. The standard InChI is InChI=1S/C5H6N2P2/c1-2-9-5-4(8-1)6-3-7-5/h1-2,6-7H,3H2. The van der Waals surface area contributed by atoms with Gasteiger partial charge in [0.15, 0.2) is 0 Å². The van der Waals surface area contributed by atoms with E-state index in [-0.39, 0.29) is 0 Å². The highest BCUT2D eigenvalue weighted by Gasteiger charge is 2.05. The second kappa shape index (κ2) is 2.13. The molecule has 0 atom stereocenters. The molecular formula is C5H6N2P2. The molecule has 2 rings (SSSR count). The fraction of sp³-hybridized carbons (Fsp3) is 0.200. The average molecular weight is 156 g/mol. The third-order valence-electron chi connectivity index (χ3n) is 1.21. The molecule has 2 heterocycles. The molecule has 0 fully saturated rings. The van der Waals surface area contributed by atoms with Crippen LogP contribution in [0.1, 0.15) is 0 Å². The molecular weight excluding hydrogens is 150 g/mol. The monoisotopic (exact) mass is 156 g/mol. The zero-order valence-corrected chi connectivity index (χ0v) is 6.55. The maximum absolute atomic E-state index is 3.26. The van der Waals surface area contributed by atoms with Gasteiger partial charge in [-0.05, 0) is 28.0 Å². The Kier molecular flexibility index (Phi) is 1.29. The number of rotatable bonds is 0. The topological polar surface area (TPSA) is 24.1 Å². The SMILES string of the molecule is c1cpc2c(p1)NCN2. The van der Waals surface area contributed by atoms with E-state index in [9.17, 15) is 0 Å². The van der Waals surface area contributed by atoms with Crippen molar-refractivity contribution in [3.05, 3.63) is 11.6 Å². The summed E-state index contributed by atoms with van der Waals surface area (Å²) in [6.45, 7) is 0.909. The van der Waals surface area contributed by atoms with Gasteiger partial charge in [-0.1, -0.05) is 0 Å². The molecule has 46 valence electrons. The van der Waals surface area contributed by atoms with Gasteiger partial charge in [0, 0.05) is 0 Å². The van der Waals surface area contributed by atoms with E-state index in [1.165, 1.54) is 27.2 Å². The van der Waals surface area contributed by atoms with Crippen LogP contribution in [0.15, 0.2) is 11.6 Å². The van der Waals surface area contributed by atoms with E-state index in [0.717, 1.165) is 6.67 Å². The summed E-state index contributed by atoms with van der Waals surface area (Å²) in [6, 6.07) is 0. The summed E-state index contributed by atoms with van der Waals surface area (Å²) < 4.78 is 0. The van der Waals surface area contributed by atoms with Crippen LogP contribution in [0.3, 0.4) is 0 Å². The summed E-state index contributed by atoms with van der Waals surface area (Å²) >= 11 is 0. The summed E-state index contributed by atoms with van der Waals surface area (Å²) in [5.41, 5.74) is 2.69. The van der Waals surface area contributed by atoms with Crippen LogP contribution in [-0.4, -0.2) is 6.67 Å². The number of hydrogen-bond donors (Lipinski definition) is 2. The number of nitrogens with one attached hydrogen (secondary N) is 2. The molecule has 0 unspecified atom stereocenters. The van der Waals surface area contributed by atoms with Crippen molar-refractivity contribution in [1.29, 1.82) is 0 Å². The van der Waals surface area contributed by atoms with Crippen LogP contribution in [0.5, 0.6) is 0 Å². The minimum Gasteiger partial charge on any atom is -0.362 e. The molecule has 0 saturated carbocycles. The Balaban J connectivity index is 2.54. The van der Waals surface area contributed by atoms with E-state index in [1.807, 2.05) is 0 Å². The molecule has 0 bridgehead atoms. The predicted molar refractivity (Wildman–Crippen MR) is 43.6 cm³/mol. The van der Waals surface area contributed by atoms with E-state index < -0.39 is 0 Å². The first-order valence-corrected chi connectivity index (χ1v) is 4.68. The molecule has 4 heteroatoms. The van der Waals surface area contributed by atoms with E-state index in [1.54, 1.807) is 0 Å². The summed E-state index contributed by atoms with van der Waals surface area (Å²) in [6.07, 6.45) is 0. The van der Waals surface area contributed by atoms with Crippen molar-refractivity contribution in [1.82, 2.24) is 0 Å². The van der Waals surface area contributed by atoms with Crippen LogP contribution >= 0.6 is 16.4 Å². The van der Waals surface area contributed by atoms with E-state index >= 15 is 0 Å². The lowest BCUT2D eigenvalue weighted by atomic mass is 10.8. The van der Waals surface area contributed by atoms with Crippen molar-refractivity contribution < 1.29 is 0 Å². The fourth-order valence-electron chi connectivity index (χ4n) is 0.808.